The van der Waals surface area contributed by atoms with E-state index in [1.54, 1.807) is 20.8 Å². The molecule has 94 valence electrons. The fourth-order valence-corrected chi connectivity index (χ4v) is 1.29. The Morgan fingerprint density at radius 3 is 2.31 bits per heavy atom. The van der Waals surface area contributed by atoms with E-state index in [1.807, 2.05) is 6.92 Å². The van der Waals surface area contributed by atoms with Gasteiger partial charge in [0.05, 0.1) is 0 Å². The van der Waals surface area contributed by atoms with Gasteiger partial charge in [-0.2, -0.15) is 0 Å². The van der Waals surface area contributed by atoms with Gasteiger partial charge in [-0.1, -0.05) is 13.3 Å². The molecular formula is C11H22N2O3. The van der Waals surface area contributed by atoms with Gasteiger partial charge in [-0.15, -0.1) is 0 Å². The molecule has 0 aromatic heterocycles. The predicted octanol–water partition coefficient (Wildman–Crippen LogP) is 1.56. The predicted molar refractivity (Wildman–Crippen MR) is 61.9 cm³/mol. The van der Waals surface area contributed by atoms with Crippen LogP contribution < -0.4 is 11.1 Å². The van der Waals surface area contributed by atoms with E-state index in [-0.39, 0.29) is 12.5 Å². The molecule has 0 spiro atoms. The van der Waals surface area contributed by atoms with Crippen molar-refractivity contribution in [2.75, 3.05) is 0 Å². The number of rotatable bonds is 5. The molecule has 0 fully saturated rings. The molecule has 0 saturated carbocycles. The Labute approximate surface area is 96.7 Å². The highest BCUT2D eigenvalue weighted by atomic mass is 16.6. The fourth-order valence-electron chi connectivity index (χ4n) is 1.29. The Hall–Kier alpha value is -1.26. The summed E-state index contributed by atoms with van der Waals surface area (Å²) < 4.78 is 5.09. The number of hydrogen-bond donors (Lipinski definition) is 2. The van der Waals surface area contributed by atoms with E-state index in [0.29, 0.717) is 6.42 Å². The minimum absolute atomic E-state index is 0.146. The van der Waals surface area contributed by atoms with Crippen LogP contribution >= 0.6 is 0 Å². The van der Waals surface area contributed by atoms with Gasteiger partial charge in [0.2, 0.25) is 5.91 Å². The lowest BCUT2D eigenvalue weighted by atomic mass is 10.1. The van der Waals surface area contributed by atoms with Crippen LogP contribution in [-0.4, -0.2) is 23.6 Å². The third-order valence-corrected chi connectivity index (χ3v) is 1.81. The molecule has 5 heteroatoms. The Morgan fingerprint density at radius 2 is 1.94 bits per heavy atom. The van der Waals surface area contributed by atoms with Crippen LogP contribution in [0.5, 0.6) is 0 Å². The Morgan fingerprint density at radius 1 is 1.38 bits per heavy atom. The summed E-state index contributed by atoms with van der Waals surface area (Å²) in [4.78, 5) is 22.2. The summed E-state index contributed by atoms with van der Waals surface area (Å²) in [6.07, 6.45) is 1.22. The monoisotopic (exact) mass is 230 g/mol. The van der Waals surface area contributed by atoms with Crippen LogP contribution in [0.2, 0.25) is 0 Å². The Balaban J connectivity index is 4.17. The molecule has 0 aliphatic heterocycles. The lowest BCUT2D eigenvalue weighted by Gasteiger charge is -2.22. The van der Waals surface area contributed by atoms with Crippen molar-refractivity contribution >= 4 is 12.0 Å². The second-order valence-electron chi connectivity index (χ2n) is 4.80. The molecule has 0 heterocycles. The van der Waals surface area contributed by atoms with Gasteiger partial charge in [0, 0.05) is 12.5 Å². The standard InChI is InChI=1S/C11H22N2O3/c1-5-6-8(7-9(12)14)13-10(15)16-11(2,3)4/h8H,5-7H2,1-4H3,(H2,12,14)(H,13,15). The van der Waals surface area contributed by atoms with Gasteiger partial charge in [-0.05, 0) is 27.2 Å². The number of primary amides is 1. The highest BCUT2D eigenvalue weighted by Gasteiger charge is 2.19. The summed E-state index contributed by atoms with van der Waals surface area (Å²) in [6, 6.07) is -0.239. The van der Waals surface area contributed by atoms with Gasteiger partial charge in [-0.3, -0.25) is 4.79 Å². The number of hydrogen-bond acceptors (Lipinski definition) is 3. The van der Waals surface area contributed by atoms with Gasteiger partial charge >= 0.3 is 6.09 Å². The zero-order chi connectivity index (χ0) is 12.8. The summed E-state index contributed by atoms with van der Waals surface area (Å²) in [5.74, 6) is -0.422. The molecule has 16 heavy (non-hydrogen) atoms. The third-order valence-electron chi connectivity index (χ3n) is 1.81. The summed E-state index contributed by atoms with van der Waals surface area (Å²) in [5.41, 5.74) is 4.56. The number of carbonyl (C=O) groups is 2. The SMILES string of the molecule is CCCC(CC(N)=O)NC(=O)OC(C)(C)C. The summed E-state index contributed by atoms with van der Waals surface area (Å²) in [6.45, 7) is 7.34. The first-order valence-electron chi connectivity index (χ1n) is 5.52. The topological polar surface area (TPSA) is 81.4 Å². The Bertz CT molecular complexity index is 246. The molecular weight excluding hydrogens is 208 g/mol. The number of ether oxygens (including phenoxy) is 1. The number of nitrogens with two attached hydrogens (primary N) is 1. The smallest absolute Gasteiger partial charge is 0.407 e. The minimum Gasteiger partial charge on any atom is -0.444 e. The average Bonchev–Trinajstić information content (AvgIpc) is 1.98. The lowest BCUT2D eigenvalue weighted by molar-refractivity contribution is -0.118. The van der Waals surface area contributed by atoms with Crippen LogP contribution in [0.15, 0.2) is 0 Å². The van der Waals surface area contributed by atoms with E-state index in [9.17, 15) is 9.59 Å². The molecule has 0 radical (unpaired) electrons. The molecule has 0 aromatic carbocycles. The maximum Gasteiger partial charge on any atom is 0.407 e. The van der Waals surface area contributed by atoms with Gasteiger partial charge < -0.3 is 15.8 Å². The highest BCUT2D eigenvalue weighted by molar-refractivity contribution is 5.75. The zero-order valence-electron chi connectivity index (χ0n) is 10.5. The zero-order valence-corrected chi connectivity index (χ0v) is 10.5. The van der Waals surface area contributed by atoms with E-state index in [4.69, 9.17) is 10.5 Å². The molecule has 0 saturated heterocycles. The molecule has 1 unspecified atom stereocenters. The maximum absolute atomic E-state index is 11.4. The molecule has 1 atom stereocenters. The van der Waals surface area contributed by atoms with Crippen molar-refractivity contribution in [3.05, 3.63) is 0 Å². The lowest BCUT2D eigenvalue weighted by Crippen LogP contribution is -2.41. The van der Waals surface area contributed by atoms with E-state index >= 15 is 0 Å². The first-order chi connectivity index (χ1) is 7.24. The minimum atomic E-state index is -0.534. The molecule has 5 nitrogen and oxygen atoms in total. The molecule has 2 amide bonds. The first-order valence-corrected chi connectivity index (χ1v) is 5.52. The van der Waals surface area contributed by atoms with Crippen molar-refractivity contribution in [1.82, 2.24) is 5.32 Å². The quantitative estimate of drug-likeness (QED) is 0.752. The molecule has 0 aliphatic rings. The summed E-state index contributed by atoms with van der Waals surface area (Å²) in [5, 5.41) is 2.64. The molecule has 0 rings (SSSR count). The van der Waals surface area contributed by atoms with E-state index in [2.05, 4.69) is 5.32 Å². The average molecular weight is 230 g/mol. The largest absolute Gasteiger partial charge is 0.444 e. The number of carbonyl (C=O) groups excluding carboxylic acids is 2. The van der Waals surface area contributed by atoms with Gasteiger partial charge in [-0.25, -0.2) is 4.79 Å². The van der Waals surface area contributed by atoms with E-state index in [0.717, 1.165) is 6.42 Å². The number of nitrogens with one attached hydrogen (secondary N) is 1. The van der Waals surface area contributed by atoms with Crippen LogP contribution in [-0.2, 0) is 9.53 Å². The highest BCUT2D eigenvalue weighted by Crippen LogP contribution is 2.08. The normalized spacial score (nSPS) is 13.0. The van der Waals surface area contributed by atoms with Crippen molar-refractivity contribution in [2.45, 2.75) is 58.6 Å². The van der Waals surface area contributed by atoms with Gasteiger partial charge in [0.1, 0.15) is 5.60 Å². The van der Waals surface area contributed by atoms with Crippen molar-refractivity contribution in [3.63, 3.8) is 0 Å². The van der Waals surface area contributed by atoms with Gasteiger partial charge in [0.25, 0.3) is 0 Å². The second kappa shape index (κ2) is 6.35. The van der Waals surface area contributed by atoms with Crippen molar-refractivity contribution in [2.24, 2.45) is 5.73 Å². The molecule has 0 aromatic rings. The van der Waals surface area contributed by atoms with E-state index in [1.165, 1.54) is 0 Å². The molecule has 3 N–H and O–H groups in total. The fraction of sp³-hybridized carbons (Fsp3) is 0.818. The molecule has 0 aliphatic carbocycles. The second-order valence-corrected chi connectivity index (χ2v) is 4.80. The summed E-state index contributed by atoms with van der Waals surface area (Å²) in [7, 11) is 0. The van der Waals surface area contributed by atoms with Crippen LogP contribution in [0.25, 0.3) is 0 Å². The number of amides is 2. The van der Waals surface area contributed by atoms with Crippen LogP contribution in [0.4, 0.5) is 4.79 Å². The van der Waals surface area contributed by atoms with Crippen molar-refractivity contribution < 1.29 is 14.3 Å². The molecule has 0 bridgehead atoms. The third kappa shape index (κ3) is 8.08. The van der Waals surface area contributed by atoms with Crippen LogP contribution in [0.3, 0.4) is 0 Å². The van der Waals surface area contributed by atoms with Crippen molar-refractivity contribution in [1.29, 1.82) is 0 Å². The van der Waals surface area contributed by atoms with Crippen molar-refractivity contribution in [3.8, 4) is 0 Å². The van der Waals surface area contributed by atoms with Crippen LogP contribution in [0.1, 0.15) is 47.0 Å². The van der Waals surface area contributed by atoms with E-state index < -0.39 is 17.6 Å². The summed E-state index contributed by atoms with van der Waals surface area (Å²) >= 11 is 0. The van der Waals surface area contributed by atoms with Crippen LogP contribution in [0, 0.1) is 0 Å². The number of alkyl carbamates (subject to hydrolysis) is 1. The van der Waals surface area contributed by atoms with Gasteiger partial charge in [0.15, 0.2) is 0 Å². The maximum atomic E-state index is 11.4. The first kappa shape index (κ1) is 14.7. The Kier molecular flexibility index (Phi) is 5.85.